The number of hydrogen-bond donors (Lipinski definition) is 1. The number of carbonyl (C=O) groups is 2. The first-order valence-electron chi connectivity index (χ1n) is 9.72. The summed E-state index contributed by atoms with van der Waals surface area (Å²) in [5.41, 5.74) is 1.75. The summed E-state index contributed by atoms with van der Waals surface area (Å²) in [4.78, 5) is 32.5. The number of pyridine rings is 1. The van der Waals surface area contributed by atoms with Crippen LogP contribution >= 0.6 is 11.3 Å². The van der Waals surface area contributed by atoms with Crippen LogP contribution in [0.2, 0.25) is 0 Å². The van der Waals surface area contributed by atoms with Crippen molar-refractivity contribution < 1.29 is 19.1 Å². The number of methoxy groups -OCH3 is 1. The van der Waals surface area contributed by atoms with E-state index in [0.29, 0.717) is 31.1 Å². The van der Waals surface area contributed by atoms with Crippen LogP contribution in [0.5, 0.6) is 5.75 Å². The molecule has 2 aromatic heterocycles. The molecule has 30 heavy (non-hydrogen) atoms. The lowest BCUT2D eigenvalue weighted by Crippen LogP contribution is -2.41. The van der Waals surface area contributed by atoms with Crippen molar-refractivity contribution in [3.05, 3.63) is 58.6 Å². The number of rotatable bonds is 5. The molecule has 156 valence electrons. The van der Waals surface area contributed by atoms with Crippen LogP contribution in [-0.2, 0) is 16.1 Å². The van der Waals surface area contributed by atoms with Gasteiger partial charge in [0.15, 0.2) is 0 Å². The van der Waals surface area contributed by atoms with Gasteiger partial charge in [0.1, 0.15) is 21.6 Å². The number of morpholine rings is 1. The molecule has 0 aliphatic carbocycles. The van der Waals surface area contributed by atoms with E-state index in [9.17, 15) is 9.59 Å². The Hall–Kier alpha value is -2.97. The number of nitrogens with one attached hydrogen (secondary N) is 1. The Labute approximate surface area is 178 Å². The van der Waals surface area contributed by atoms with Crippen LogP contribution < -0.4 is 10.1 Å². The summed E-state index contributed by atoms with van der Waals surface area (Å²) in [5.74, 6) is 0.567. The summed E-state index contributed by atoms with van der Waals surface area (Å²) in [6.45, 7) is 3.35. The Bertz CT molecular complexity index is 1080. The molecular formula is C22H23N3O4S. The number of carbonyl (C=O) groups excluding carboxylic acids is 2. The quantitative estimate of drug-likeness (QED) is 0.679. The molecule has 1 aromatic carbocycles. The van der Waals surface area contributed by atoms with Crippen molar-refractivity contribution in [1.82, 2.24) is 15.2 Å². The van der Waals surface area contributed by atoms with Gasteiger partial charge in [-0.15, -0.1) is 11.3 Å². The van der Waals surface area contributed by atoms with Gasteiger partial charge in [-0.1, -0.05) is 18.2 Å². The zero-order chi connectivity index (χ0) is 21.1. The maximum atomic E-state index is 13.1. The molecular weight excluding hydrogens is 402 g/mol. The van der Waals surface area contributed by atoms with E-state index in [-0.39, 0.29) is 17.9 Å². The maximum absolute atomic E-state index is 13.1. The first-order chi connectivity index (χ1) is 14.6. The minimum Gasteiger partial charge on any atom is -0.497 e. The molecule has 1 atom stereocenters. The molecule has 7 nitrogen and oxygen atoms in total. The van der Waals surface area contributed by atoms with E-state index in [4.69, 9.17) is 9.47 Å². The van der Waals surface area contributed by atoms with E-state index in [1.165, 1.54) is 11.3 Å². The fourth-order valence-electron chi connectivity index (χ4n) is 3.59. The van der Waals surface area contributed by atoms with Crippen molar-refractivity contribution in [2.45, 2.75) is 19.6 Å². The fraction of sp³-hybridized carbons (Fsp3) is 0.318. The number of hydrogen-bond acceptors (Lipinski definition) is 6. The standard InChI is InChI=1S/C22H23N3O4S/c1-14(26)25-9-10-29-18(13-25)19-17-7-4-8-23-22(17)30-20(19)21(27)24-12-15-5-3-6-16(11-15)28-2/h3-8,11,18H,9-10,12-13H2,1-2H3,(H,24,27). The number of fused-ring (bicyclic) bond motifs is 1. The van der Waals surface area contributed by atoms with Crippen LogP contribution in [0.1, 0.15) is 33.8 Å². The summed E-state index contributed by atoms with van der Waals surface area (Å²) < 4.78 is 11.2. The minimum atomic E-state index is -0.363. The highest BCUT2D eigenvalue weighted by Gasteiger charge is 2.30. The van der Waals surface area contributed by atoms with Gasteiger partial charge in [0.25, 0.3) is 5.91 Å². The second kappa shape index (κ2) is 8.81. The van der Waals surface area contributed by atoms with Crippen LogP contribution in [0.25, 0.3) is 10.2 Å². The zero-order valence-electron chi connectivity index (χ0n) is 16.9. The second-order valence-corrected chi connectivity index (χ2v) is 8.06. The summed E-state index contributed by atoms with van der Waals surface area (Å²) in [6.07, 6.45) is 1.35. The summed E-state index contributed by atoms with van der Waals surface area (Å²) in [7, 11) is 1.61. The van der Waals surface area contributed by atoms with Gasteiger partial charge >= 0.3 is 0 Å². The van der Waals surface area contributed by atoms with Crippen molar-refractivity contribution in [3.8, 4) is 5.75 Å². The average molecular weight is 426 g/mol. The number of ether oxygens (including phenoxy) is 2. The van der Waals surface area contributed by atoms with Crippen molar-refractivity contribution in [2.24, 2.45) is 0 Å². The van der Waals surface area contributed by atoms with E-state index >= 15 is 0 Å². The van der Waals surface area contributed by atoms with Gasteiger partial charge < -0.3 is 19.7 Å². The van der Waals surface area contributed by atoms with E-state index in [1.54, 1.807) is 25.1 Å². The van der Waals surface area contributed by atoms with Crippen LogP contribution in [0, 0.1) is 0 Å². The molecule has 1 fully saturated rings. The number of aromatic nitrogens is 1. The molecule has 1 unspecified atom stereocenters. The Morgan fingerprint density at radius 3 is 3.00 bits per heavy atom. The van der Waals surface area contributed by atoms with Gasteiger partial charge in [0.2, 0.25) is 5.91 Å². The molecule has 0 radical (unpaired) electrons. The molecule has 0 bridgehead atoms. The Kier molecular flexibility index (Phi) is 5.96. The van der Waals surface area contributed by atoms with E-state index < -0.39 is 0 Å². The molecule has 2 amide bonds. The first-order valence-corrected chi connectivity index (χ1v) is 10.5. The topological polar surface area (TPSA) is 80.8 Å². The Balaban J connectivity index is 1.62. The second-order valence-electron chi connectivity index (χ2n) is 7.06. The van der Waals surface area contributed by atoms with Gasteiger partial charge in [0, 0.05) is 37.2 Å². The van der Waals surface area contributed by atoms with E-state index in [2.05, 4.69) is 10.3 Å². The highest BCUT2D eigenvalue weighted by atomic mass is 32.1. The molecule has 1 aliphatic heterocycles. The lowest BCUT2D eigenvalue weighted by molar-refractivity contribution is -0.136. The number of nitrogens with zero attached hydrogens (tertiary/aromatic N) is 2. The van der Waals surface area contributed by atoms with Gasteiger partial charge in [-0.05, 0) is 23.8 Å². The molecule has 0 spiro atoms. The molecule has 4 rings (SSSR count). The lowest BCUT2D eigenvalue weighted by atomic mass is 10.0. The zero-order valence-corrected chi connectivity index (χ0v) is 17.7. The first kappa shape index (κ1) is 20.3. The lowest BCUT2D eigenvalue weighted by Gasteiger charge is -2.32. The van der Waals surface area contributed by atoms with Crippen molar-refractivity contribution in [2.75, 3.05) is 26.8 Å². The van der Waals surface area contributed by atoms with Crippen LogP contribution in [0.15, 0.2) is 42.6 Å². The largest absolute Gasteiger partial charge is 0.497 e. The minimum absolute atomic E-state index is 0.00462. The predicted molar refractivity (Wildman–Crippen MR) is 115 cm³/mol. The maximum Gasteiger partial charge on any atom is 0.262 e. The van der Waals surface area contributed by atoms with Gasteiger partial charge in [0.05, 0.1) is 20.3 Å². The predicted octanol–water partition coefficient (Wildman–Crippen LogP) is 3.15. The summed E-state index contributed by atoms with van der Waals surface area (Å²) in [5, 5.41) is 3.89. The van der Waals surface area contributed by atoms with Gasteiger partial charge in [-0.2, -0.15) is 0 Å². The van der Waals surface area contributed by atoms with Crippen molar-refractivity contribution in [1.29, 1.82) is 0 Å². The van der Waals surface area contributed by atoms with Crippen LogP contribution in [0.4, 0.5) is 0 Å². The number of thiophene rings is 1. The van der Waals surface area contributed by atoms with Crippen molar-refractivity contribution >= 4 is 33.4 Å². The average Bonchev–Trinajstić information content (AvgIpc) is 3.17. The Morgan fingerprint density at radius 2 is 2.20 bits per heavy atom. The summed E-state index contributed by atoms with van der Waals surface area (Å²) in [6, 6.07) is 11.4. The molecule has 0 saturated carbocycles. The Morgan fingerprint density at radius 1 is 1.33 bits per heavy atom. The molecule has 8 heteroatoms. The molecule has 3 aromatic rings. The van der Waals surface area contributed by atoms with Crippen LogP contribution in [0.3, 0.4) is 0 Å². The normalized spacial score (nSPS) is 16.5. The number of benzene rings is 1. The summed E-state index contributed by atoms with van der Waals surface area (Å²) >= 11 is 1.35. The highest BCUT2D eigenvalue weighted by molar-refractivity contribution is 7.20. The monoisotopic (exact) mass is 425 g/mol. The molecule has 1 aliphatic rings. The molecule has 1 N–H and O–H groups in total. The van der Waals surface area contributed by atoms with E-state index in [1.807, 2.05) is 36.4 Å². The third-order valence-electron chi connectivity index (χ3n) is 5.13. The smallest absolute Gasteiger partial charge is 0.262 e. The van der Waals surface area contributed by atoms with Gasteiger partial charge in [-0.3, -0.25) is 9.59 Å². The fourth-order valence-corrected chi connectivity index (χ4v) is 4.71. The third kappa shape index (κ3) is 4.15. The van der Waals surface area contributed by atoms with Crippen LogP contribution in [-0.4, -0.2) is 48.5 Å². The number of amides is 2. The SMILES string of the molecule is COc1cccc(CNC(=O)c2sc3ncccc3c2C2CN(C(C)=O)CCO2)c1. The van der Waals surface area contributed by atoms with E-state index in [0.717, 1.165) is 27.1 Å². The third-order valence-corrected chi connectivity index (χ3v) is 6.26. The molecule has 3 heterocycles. The molecule has 1 saturated heterocycles. The van der Waals surface area contributed by atoms with Crippen molar-refractivity contribution in [3.63, 3.8) is 0 Å². The van der Waals surface area contributed by atoms with Gasteiger partial charge in [-0.25, -0.2) is 4.98 Å². The highest BCUT2D eigenvalue weighted by Crippen LogP contribution is 2.37.